The van der Waals surface area contributed by atoms with Crippen molar-refractivity contribution in [3.8, 4) is 0 Å². The Labute approximate surface area is 165 Å². The first-order valence-corrected chi connectivity index (χ1v) is 12.3. The van der Waals surface area contributed by atoms with E-state index in [9.17, 15) is 0 Å². The molecule has 0 nitrogen and oxygen atoms in total. The van der Waals surface area contributed by atoms with Crippen LogP contribution in [0.25, 0.3) is 0 Å². The van der Waals surface area contributed by atoms with Gasteiger partial charge in [-0.2, -0.15) is 0 Å². The van der Waals surface area contributed by atoms with Gasteiger partial charge in [-0.3, -0.25) is 0 Å². The van der Waals surface area contributed by atoms with Crippen molar-refractivity contribution in [1.82, 2.24) is 0 Å². The number of benzene rings is 2. The molecule has 0 saturated heterocycles. The number of rotatable bonds is 13. The van der Waals surface area contributed by atoms with Crippen LogP contribution in [0.1, 0.15) is 76.7 Å². The summed E-state index contributed by atoms with van der Waals surface area (Å²) < 4.78 is 3.03. The van der Waals surface area contributed by atoms with Crippen LogP contribution in [0, 0.1) is 7.14 Å². The first-order valence-electron chi connectivity index (χ1n) is 10.2. The monoisotopic (exact) mass is 449 g/mol. The minimum absolute atomic E-state index is 0.0144. The molecule has 0 N–H and O–H groups in total. The average molecular weight is 449 g/mol. The van der Waals surface area contributed by atoms with Crippen LogP contribution < -0.4 is 21.2 Å². The van der Waals surface area contributed by atoms with Gasteiger partial charge in [-0.15, -0.1) is 0 Å². The molecule has 0 atom stereocenters. The van der Waals surface area contributed by atoms with E-state index in [-0.39, 0.29) is 21.2 Å². The van der Waals surface area contributed by atoms with Gasteiger partial charge < -0.3 is 0 Å². The third kappa shape index (κ3) is 9.44. The zero-order valence-electron chi connectivity index (χ0n) is 15.9. The average Bonchev–Trinajstić information content (AvgIpc) is 2.65. The second-order valence-electron chi connectivity index (χ2n) is 6.95. The van der Waals surface area contributed by atoms with Crippen LogP contribution in [-0.4, -0.2) is 0 Å². The summed E-state index contributed by atoms with van der Waals surface area (Å²) in [5.74, 6) is 0. The molecule has 25 heavy (non-hydrogen) atoms. The van der Waals surface area contributed by atoms with Crippen molar-refractivity contribution in [2.45, 2.75) is 77.6 Å². The van der Waals surface area contributed by atoms with E-state index < -0.39 is 0 Å². The summed E-state index contributed by atoms with van der Waals surface area (Å²) in [4.78, 5) is 0. The molecule has 0 amide bonds. The van der Waals surface area contributed by atoms with Gasteiger partial charge in [-0.05, 0) is 0 Å². The Bertz CT molecular complexity index is 544. The van der Waals surface area contributed by atoms with Gasteiger partial charge in [0.25, 0.3) is 0 Å². The molecule has 2 aromatic rings. The number of unbranched alkanes of at least 4 members (excludes halogenated alkanes) is 9. The molecule has 0 aromatic heterocycles. The molecule has 0 bridgehead atoms. The van der Waals surface area contributed by atoms with E-state index in [1.165, 1.54) is 83.3 Å². The Balaban J connectivity index is 1.53. The minimum atomic E-state index is -0.0144. The molecule has 0 aliphatic rings. The molecule has 2 rings (SSSR count). The SMILES string of the molecule is CCCCCCCCCCCCc1ccc([I-]c2ccccc2)cc1. The van der Waals surface area contributed by atoms with Gasteiger partial charge in [-0.25, -0.2) is 0 Å². The molecule has 2 aromatic carbocycles. The van der Waals surface area contributed by atoms with Crippen molar-refractivity contribution in [1.29, 1.82) is 0 Å². The Kier molecular flexibility index (Phi) is 11.0. The van der Waals surface area contributed by atoms with Gasteiger partial charge in [0.1, 0.15) is 0 Å². The van der Waals surface area contributed by atoms with Crippen molar-refractivity contribution in [3.63, 3.8) is 0 Å². The third-order valence-corrected chi connectivity index (χ3v) is 7.37. The molecule has 0 saturated carbocycles. The van der Waals surface area contributed by atoms with Crippen LogP contribution in [-0.2, 0) is 6.42 Å². The summed E-state index contributed by atoms with van der Waals surface area (Å²) in [5, 5.41) is 0. The first kappa shape index (κ1) is 20.5. The van der Waals surface area contributed by atoms with Crippen molar-refractivity contribution in [3.05, 3.63) is 67.3 Å². The summed E-state index contributed by atoms with van der Waals surface area (Å²) in [6, 6.07) is 20.3. The molecule has 138 valence electrons. The molecular formula is C24H34I-. The van der Waals surface area contributed by atoms with Crippen molar-refractivity contribution in [2.24, 2.45) is 0 Å². The van der Waals surface area contributed by atoms with E-state index >= 15 is 0 Å². The van der Waals surface area contributed by atoms with Gasteiger partial charge in [0.15, 0.2) is 0 Å². The number of aryl methyl sites for hydroxylation is 1. The Hall–Kier alpha value is -0.830. The van der Waals surface area contributed by atoms with Crippen LogP contribution in [0.4, 0.5) is 0 Å². The number of hydrogen-bond acceptors (Lipinski definition) is 0. The first-order chi connectivity index (χ1) is 12.4. The molecule has 0 aliphatic heterocycles. The fraction of sp³-hybridized carbons (Fsp3) is 0.500. The fourth-order valence-electron chi connectivity index (χ4n) is 3.13. The quantitative estimate of drug-likeness (QED) is 0.316. The summed E-state index contributed by atoms with van der Waals surface area (Å²) >= 11 is -0.0144. The summed E-state index contributed by atoms with van der Waals surface area (Å²) in [6.07, 6.45) is 15.4. The standard InChI is InChI=1S/C24H34I/c1-2-3-4-5-6-7-8-9-10-12-15-22-18-20-24(21-19-22)25-23-16-13-11-14-17-23/h11,13-14,16-21H,2-10,12,15H2,1H3/q-1. The molecule has 0 fully saturated rings. The van der Waals surface area contributed by atoms with E-state index in [0.717, 1.165) is 0 Å². The fourth-order valence-corrected chi connectivity index (χ4v) is 5.35. The maximum absolute atomic E-state index is 2.35. The van der Waals surface area contributed by atoms with Crippen molar-refractivity contribution < 1.29 is 21.2 Å². The van der Waals surface area contributed by atoms with Crippen LogP contribution in [0.5, 0.6) is 0 Å². The molecule has 0 spiro atoms. The molecule has 0 unspecified atom stereocenters. The molecule has 0 heterocycles. The zero-order valence-corrected chi connectivity index (χ0v) is 18.0. The second kappa shape index (κ2) is 13.4. The van der Waals surface area contributed by atoms with Crippen molar-refractivity contribution in [2.75, 3.05) is 0 Å². The van der Waals surface area contributed by atoms with Gasteiger partial charge in [0.2, 0.25) is 0 Å². The summed E-state index contributed by atoms with van der Waals surface area (Å²) in [5.41, 5.74) is 1.51. The van der Waals surface area contributed by atoms with E-state index in [1.807, 2.05) is 0 Å². The van der Waals surface area contributed by atoms with E-state index in [2.05, 4.69) is 61.5 Å². The van der Waals surface area contributed by atoms with Crippen LogP contribution in [0.2, 0.25) is 0 Å². The van der Waals surface area contributed by atoms with Gasteiger partial charge in [0.05, 0.1) is 0 Å². The Morgan fingerprint density at radius 2 is 1.08 bits per heavy atom. The third-order valence-electron chi connectivity index (χ3n) is 4.68. The molecule has 1 heteroatoms. The summed E-state index contributed by atoms with van der Waals surface area (Å²) in [6.45, 7) is 2.29. The predicted molar refractivity (Wildman–Crippen MR) is 106 cm³/mol. The second-order valence-corrected chi connectivity index (χ2v) is 9.98. The topological polar surface area (TPSA) is 0 Å². The maximum atomic E-state index is 2.35. The Morgan fingerprint density at radius 3 is 1.68 bits per heavy atom. The molecular weight excluding hydrogens is 415 g/mol. The molecule has 0 radical (unpaired) electrons. The number of hydrogen-bond donors (Lipinski definition) is 0. The van der Waals surface area contributed by atoms with Gasteiger partial charge >= 0.3 is 140 Å². The van der Waals surface area contributed by atoms with E-state index in [0.29, 0.717) is 0 Å². The van der Waals surface area contributed by atoms with Gasteiger partial charge in [0, 0.05) is 0 Å². The van der Waals surface area contributed by atoms with E-state index in [1.54, 1.807) is 0 Å². The van der Waals surface area contributed by atoms with Gasteiger partial charge in [-0.1, -0.05) is 26.2 Å². The van der Waals surface area contributed by atoms with E-state index in [4.69, 9.17) is 0 Å². The Morgan fingerprint density at radius 1 is 0.560 bits per heavy atom. The zero-order chi connectivity index (χ0) is 17.6. The summed E-state index contributed by atoms with van der Waals surface area (Å²) in [7, 11) is 0. The molecule has 0 aliphatic carbocycles. The normalized spacial score (nSPS) is 11.1. The number of halogens is 1. The van der Waals surface area contributed by atoms with Crippen LogP contribution in [0.3, 0.4) is 0 Å². The van der Waals surface area contributed by atoms with Crippen LogP contribution in [0.15, 0.2) is 54.6 Å². The predicted octanol–water partition coefficient (Wildman–Crippen LogP) is 4.28. The van der Waals surface area contributed by atoms with Crippen LogP contribution >= 0.6 is 0 Å². The van der Waals surface area contributed by atoms with Crippen molar-refractivity contribution >= 4 is 0 Å².